The molecule has 0 unspecified atom stereocenters. The number of hydrogen-bond acceptors (Lipinski definition) is 6. The third-order valence-electron chi connectivity index (χ3n) is 4.71. The van der Waals surface area contributed by atoms with Gasteiger partial charge in [0.2, 0.25) is 11.7 Å². The molecule has 1 fully saturated rings. The molecule has 27 heavy (non-hydrogen) atoms. The lowest BCUT2D eigenvalue weighted by Crippen LogP contribution is -2.35. The Labute approximate surface area is 155 Å². The minimum absolute atomic E-state index is 0.164. The van der Waals surface area contributed by atoms with E-state index in [1.165, 1.54) is 0 Å². The fraction of sp³-hybridized carbons (Fsp3) is 0.316. The molecule has 8 nitrogen and oxygen atoms in total. The van der Waals surface area contributed by atoms with E-state index in [2.05, 4.69) is 20.1 Å². The minimum Gasteiger partial charge on any atom is -0.337 e. The number of rotatable bonds is 3. The Morgan fingerprint density at radius 2 is 2.19 bits per heavy atom. The summed E-state index contributed by atoms with van der Waals surface area (Å²) in [6, 6.07) is 6.90. The molecule has 1 atom stereocenters. The van der Waals surface area contributed by atoms with Crippen molar-refractivity contribution in [1.82, 2.24) is 25.0 Å². The van der Waals surface area contributed by atoms with Gasteiger partial charge in [0.1, 0.15) is 17.3 Å². The molecule has 4 heterocycles. The maximum Gasteiger partial charge on any atom is 0.261 e. The molecule has 1 aliphatic heterocycles. The smallest absolute Gasteiger partial charge is 0.261 e. The predicted molar refractivity (Wildman–Crippen MR) is 97.1 cm³/mol. The van der Waals surface area contributed by atoms with E-state index < -0.39 is 0 Å². The molecule has 0 radical (unpaired) electrons. The van der Waals surface area contributed by atoms with Gasteiger partial charge in [-0.3, -0.25) is 14.6 Å². The third kappa shape index (κ3) is 3.14. The second-order valence-electron chi connectivity index (χ2n) is 6.67. The minimum atomic E-state index is -0.372. The molecule has 0 aromatic carbocycles. The van der Waals surface area contributed by atoms with Crippen molar-refractivity contribution < 1.29 is 9.32 Å². The van der Waals surface area contributed by atoms with Gasteiger partial charge >= 0.3 is 0 Å². The van der Waals surface area contributed by atoms with Crippen molar-refractivity contribution in [2.24, 2.45) is 0 Å². The van der Waals surface area contributed by atoms with Crippen LogP contribution in [0.3, 0.4) is 0 Å². The molecule has 8 heteroatoms. The zero-order valence-corrected chi connectivity index (χ0v) is 15.1. The summed E-state index contributed by atoms with van der Waals surface area (Å²) in [5.41, 5.74) is 1.78. The van der Waals surface area contributed by atoms with E-state index in [0.29, 0.717) is 35.9 Å². The van der Waals surface area contributed by atoms with Gasteiger partial charge in [-0.1, -0.05) is 11.2 Å². The number of carbonyl (C=O) groups is 1. The molecule has 3 aromatic rings. The van der Waals surface area contributed by atoms with E-state index in [1.54, 1.807) is 37.1 Å². The monoisotopic (exact) mass is 365 g/mol. The summed E-state index contributed by atoms with van der Waals surface area (Å²) in [7, 11) is 0. The predicted octanol–water partition coefficient (Wildman–Crippen LogP) is 2.41. The lowest BCUT2D eigenvalue weighted by Gasteiger charge is -2.22. The van der Waals surface area contributed by atoms with Gasteiger partial charge in [0.15, 0.2) is 0 Å². The molecule has 1 saturated heterocycles. The van der Waals surface area contributed by atoms with Crippen molar-refractivity contribution in [3.63, 3.8) is 0 Å². The summed E-state index contributed by atoms with van der Waals surface area (Å²) in [6.45, 7) is 4.10. The average molecular weight is 365 g/mol. The van der Waals surface area contributed by atoms with Crippen LogP contribution in [0, 0.1) is 13.8 Å². The van der Waals surface area contributed by atoms with Gasteiger partial charge in [0.25, 0.3) is 11.5 Å². The lowest BCUT2D eigenvalue weighted by atomic mass is 10.1. The summed E-state index contributed by atoms with van der Waals surface area (Å²) in [5.74, 6) is 0.436. The molecule has 0 saturated carbocycles. The number of nitrogens with zero attached hydrogens (tertiary/aromatic N) is 4. The fourth-order valence-electron chi connectivity index (χ4n) is 3.50. The number of H-pyrrole nitrogens is 1. The van der Waals surface area contributed by atoms with Crippen molar-refractivity contribution in [1.29, 1.82) is 0 Å². The molecule has 4 rings (SSSR count). The lowest BCUT2D eigenvalue weighted by molar-refractivity contribution is 0.0707. The van der Waals surface area contributed by atoms with Crippen LogP contribution in [0.1, 0.15) is 46.4 Å². The summed E-state index contributed by atoms with van der Waals surface area (Å²) in [6.07, 6.45) is 3.17. The van der Waals surface area contributed by atoms with Crippen molar-refractivity contribution in [3.05, 3.63) is 63.5 Å². The van der Waals surface area contributed by atoms with Crippen LogP contribution < -0.4 is 5.56 Å². The number of hydrogen-bond donors (Lipinski definition) is 1. The van der Waals surface area contributed by atoms with Gasteiger partial charge in [0.05, 0.1) is 0 Å². The molecule has 3 aromatic heterocycles. The maximum absolute atomic E-state index is 13.1. The van der Waals surface area contributed by atoms with Crippen LogP contribution in [0.15, 0.2) is 39.8 Å². The van der Waals surface area contributed by atoms with E-state index in [1.807, 2.05) is 12.1 Å². The summed E-state index contributed by atoms with van der Waals surface area (Å²) in [5, 5.41) is 3.99. The van der Waals surface area contributed by atoms with Gasteiger partial charge in [0, 0.05) is 18.4 Å². The van der Waals surface area contributed by atoms with Crippen LogP contribution in [-0.4, -0.2) is 37.5 Å². The average Bonchev–Trinajstić information content (AvgIpc) is 3.31. The molecule has 1 amide bonds. The summed E-state index contributed by atoms with van der Waals surface area (Å²) >= 11 is 0. The first-order chi connectivity index (χ1) is 13.0. The summed E-state index contributed by atoms with van der Waals surface area (Å²) < 4.78 is 5.42. The van der Waals surface area contributed by atoms with Gasteiger partial charge < -0.3 is 14.4 Å². The SMILES string of the molecule is Cc1cc(C)c(C(=O)N2CCC[C@H]2c2nc(-c3ccccn3)no2)c(=O)[nH]1. The molecule has 0 spiro atoms. The summed E-state index contributed by atoms with van der Waals surface area (Å²) in [4.78, 5) is 38.4. The molecule has 1 aliphatic rings. The Balaban J connectivity index is 1.65. The first kappa shape index (κ1) is 17.1. The Morgan fingerprint density at radius 3 is 2.93 bits per heavy atom. The van der Waals surface area contributed by atoms with Crippen LogP contribution in [0.2, 0.25) is 0 Å². The van der Waals surface area contributed by atoms with Crippen LogP contribution in [0.25, 0.3) is 11.5 Å². The third-order valence-corrected chi connectivity index (χ3v) is 4.71. The van der Waals surface area contributed by atoms with Crippen LogP contribution in [0.4, 0.5) is 0 Å². The zero-order chi connectivity index (χ0) is 19.0. The number of pyridine rings is 2. The van der Waals surface area contributed by atoms with E-state index >= 15 is 0 Å². The number of aryl methyl sites for hydroxylation is 2. The van der Waals surface area contributed by atoms with E-state index in [9.17, 15) is 9.59 Å². The highest BCUT2D eigenvalue weighted by Gasteiger charge is 2.36. The molecule has 1 N–H and O–H groups in total. The van der Waals surface area contributed by atoms with Gasteiger partial charge in [-0.15, -0.1) is 0 Å². The Bertz CT molecular complexity index is 1040. The van der Waals surface area contributed by atoms with Crippen molar-refractivity contribution >= 4 is 5.91 Å². The first-order valence-electron chi connectivity index (χ1n) is 8.81. The molecule has 138 valence electrons. The van der Waals surface area contributed by atoms with Gasteiger partial charge in [-0.25, -0.2) is 0 Å². The van der Waals surface area contributed by atoms with Gasteiger partial charge in [-0.05, 0) is 50.5 Å². The molecular formula is C19H19N5O3. The number of nitrogens with one attached hydrogen (secondary N) is 1. The highest BCUT2D eigenvalue weighted by Crippen LogP contribution is 2.33. The maximum atomic E-state index is 13.1. The Hall–Kier alpha value is -3.29. The van der Waals surface area contributed by atoms with E-state index in [0.717, 1.165) is 12.1 Å². The van der Waals surface area contributed by atoms with Crippen LogP contribution in [0.5, 0.6) is 0 Å². The normalized spacial score (nSPS) is 16.7. The molecule has 0 aliphatic carbocycles. The highest BCUT2D eigenvalue weighted by atomic mass is 16.5. The second kappa shape index (κ2) is 6.79. The standard InChI is InChI=1S/C19H19N5O3/c1-11-10-12(2)21-17(25)15(11)19(26)24-9-5-7-14(24)18-22-16(23-27-18)13-6-3-4-8-20-13/h3-4,6,8,10,14H,5,7,9H2,1-2H3,(H,21,25)/t14-/m0/s1. The van der Waals surface area contributed by atoms with Crippen molar-refractivity contribution in [2.45, 2.75) is 32.7 Å². The number of likely N-dealkylation sites (tertiary alicyclic amines) is 1. The largest absolute Gasteiger partial charge is 0.337 e. The Morgan fingerprint density at radius 1 is 1.33 bits per heavy atom. The molecular weight excluding hydrogens is 346 g/mol. The number of carbonyl (C=O) groups excluding carboxylic acids is 1. The Kier molecular flexibility index (Phi) is 4.31. The van der Waals surface area contributed by atoms with E-state index in [-0.39, 0.29) is 23.1 Å². The zero-order valence-electron chi connectivity index (χ0n) is 15.1. The van der Waals surface area contributed by atoms with Crippen molar-refractivity contribution in [3.8, 4) is 11.5 Å². The topological polar surface area (TPSA) is 105 Å². The number of amides is 1. The number of aromatic amines is 1. The number of aromatic nitrogens is 4. The van der Waals surface area contributed by atoms with Gasteiger partial charge in [-0.2, -0.15) is 4.98 Å². The van der Waals surface area contributed by atoms with Crippen LogP contribution in [-0.2, 0) is 0 Å². The first-order valence-corrected chi connectivity index (χ1v) is 8.81. The highest BCUT2D eigenvalue weighted by molar-refractivity contribution is 5.95. The quantitative estimate of drug-likeness (QED) is 0.764. The van der Waals surface area contributed by atoms with Crippen molar-refractivity contribution in [2.75, 3.05) is 6.54 Å². The fourth-order valence-corrected chi connectivity index (χ4v) is 3.50. The van der Waals surface area contributed by atoms with Crippen LogP contribution >= 0.6 is 0 Å². The van der Waals surface area contributed by atoms with E-state index in [4.69, 9.17) is 4.52 Å². The molecule has 0 bridgehead atoms. The second-order valence-corrected chi connectivity index (χ2v) is 6.67.